The van der Waals surface area contributed by atoms with Crippen molar-refractivity contribution in [2.75, 3.05) is 18.0 Å². The van der Waals surface area contributed by atoms with Crippen molar-refractivity contribution in [3.63, 3.8) is 0 Å². The molecule has 1 saturated heterocycles. The van der Waals surface area contributed by atoms with E-state index in [-0.39, 0.29) is 11.8 Å². The summed E-state index contributed by atoms with van der Waals surface area (Å²) in [6.07, 6.45) is 4.33. The Labute approximate surface area is 184 Å². The Morgan fingerprint density at radius 3 is 1.86 bits per heavy atom. The summed E-state index contributed by atoms with van der Waals surface area (Å²) in [7, 11) is 0. The molecule has 4 rings (SSSR count). The number of carbonyl (C=O) groups is 2. The maximum Gasteiger partial charge on any atom is 0.283 e. The zero-order valence-electron chi connectivity index (χ0n) is 15.7. The molecule has 0 radical (unpaired) electrons. The van der Waals surface area contributed by atoms with Crippen molar-refractivity contribution in [2.45, 2.75) is 30.6 Å². The van der Waals surface area contributed by atoms with Crippen LogP contribution in [0.4, 0.5) is 5.69 Å². The van der Waals surface area contributed by atoms with Crippen molar-refractivity contribution >= 4 is 52.5 Å². The summed E-state index contributed by atoms with van der Waals surface area (Å²) in [6, 6.07) is 14.1. The summed E-state index contributed by atoms with van der Waals surface area (Å²) in [4.78, 5) is 31.4. The van der Waals surface area contributed by atoms with Gasteiger partial charge in [0.1, 0.15) is 10.6 Å². The highest BCUT2D eigenvalue weighted by Gasteiger charge is 2.42. The largest absolute Gasteiger partial charge is 0.366 e. The average molecular weight is 447 g/mol. The number of nitrogens with zero attached hydrogens (tertiary/aromatic N) is 2. The first kappa shape index (κ1) is 20.3. The second-order valence-electron chi connectivity index (χ2n) is 7.06. The molecule has 2 aromatic carbocycles. The fourth-order valence-corrected chi connectivity index (χ4v) is 4.86. The van der Waals surface area contributed by atoms with E-state index in [1.807, 2.05) is 12.1 Å². The highest BCUT2D eigenvalue weighted by molar-refractivity contribution is 8.04. The van der Waals surface area contributed by atoms with Gasteiger partial charge in [0.15, 0.2) is 0 Å². The number of hydrogen-bond acceptors (Lipinski definition) is 4. The molecule has 0 N–H and O–H groups in total. The summed E-state index contributed by atoms with van der Waals surface area (Å²) in [5.41, 5.74) is 1.04. The lowest BCUT2D eigenvalue weighted by atomic mass is 10.2. The number of halogens is 2. The maximum atomic E-state index is 13.4. The molecule has 150 valence electrons. The Morgan fingerprint density at radius 2 is 1.28 bits per heavy atom. The molecule has 2 aromatic rings. The number of amides is 2. The van der Waals surface area contributed by atoms with E-state index in [4.69, 9.17) is 23.2 Å². The van der Waals surface area contributed by atoms with Gasteiger partial charge in [-0.1, -0.05) is 47.8 Å². The average Bonchev–Trinajstić information content (AvgIpc) is 2.89. The van der Waals surface area contributed by atoms with Crippen LogP contribution in [0.2, 0.25) is 10.0 Å². The smallest absolute Gasteiger partial charge is 0.283 e. The topological polar surface area (TPSA) is 40.6 Å². The molecule has 0 saturated carbocycles. The van der Waals surface area contributed by atoms with Crippen LogP contribution < -0.4 is 4.90 Å². The predicted octanol–water partition coefficient (Wildman–Crippen LogP) is 5.75. The zero-order chi connectivity index (χ0) is 20.4. The Hall–Kier alpha value is -1.95. The van der Waals surface area contributed by atoms with Crippen LogP contribution in [0.1, 0.15) is 25.7 Å². The predicted molar refractivity (Wildman–Crippen MR) is 118 cm³/mol. The number of rotatable bonds is 4. The third kappa shape index (κ3) is 4.32. The molecule has 0 bridgehead atoms. The lowest BCUT2D eigenvalue weighted by Gasteiger charge is -2.24. The Bertz CT molecular complexity index is 950. The number of benzene rings is 2. The summed E-state index contributed by atoms with van der Waals surface area (Å²) >= 11 is 13.3. The van der Waals surface area contributed by atoms with Gasteiger partial charge in [-0.25, -0.2) is 4.90 Å². The first-order valence-electron chi connectivity index (χ1n) is 9.61. The molecule has 0 unspecified atom stereocenters. The number of likely N-dealkylation sites (tertiary alicyclic amines) is 1. The molecule has 29 heavy (non-hydrogen) atoms. The van der Waals surface area contributed by atoms with Crippen LogP contribution in [0, 0.1) is 0 Å². The summed E-state index contributed by atoms with van der Waals surface area (Å²) in [5.74, 6) is -0.563. The van der Waals surface area contributed by atoms with Gasteiger partial charge in [-0.3, -0.25) is 9.59 Å². The number of carbonyl (C=O) groups excluding carboxylic acids is 2. The molecule has 0 aromatic heterocycles. The Morgan fingerprint density at radius 1 is 0.724 bits per heavy atom. The second-order valence-corrected chi connectivity index (χ2v) is 9.01. The molecule has 2 heterocycles. The van der Waals surface area contributed by atoms with Gasteiger partial charge in [-0.15, -0.1) is 0 Å². The van der Waals surface area contributed by atoms with E-state index in [9.17, 15) is 9.59 Å². The zero-order valence-corrected chi connectivity index (χ0v) is 18.1. The van der Waals surface area contributed by atoms with E-state index in [1.165, 1.54) is 16.7 Å². The van der Waals surface area contributed by atoms with Gasteiger partial charge in [0.05, 0.1) is 5.69 Å². The molecule has 0 aliphatic carbocycles. The molecular weight excluding hydrogens is 427 g/mol. The second kappa shape index (κ2) is 8.82. The molecule has 1 fully saturated rings. The number of hydrogen-bond donors (Lipinski definition) is 0. The van der Waals surface area contributed by atoms with Crippen molar-refractivity contribution < 1.29 is 9.59 Å². The summed E-state index contributed by atoms with van der Waals surface area (Å²) < 4.78 is 0. The number of thioether (sulfide) groups is 1. The van der Waals surface area contributed by atoms with Crippen LogP contribution in [0.3, 0.4) is 0 Å². The van der Waals surface area contributed by atoms with Crippen LogP contribution in [-0.2, 0) is 9.59 Å². The van der Waals surface area contributed by atoms with Crippen LogP contribution in [0.25, 0.3) is 0 Å². The first-order chi connectivity index (χ1) is 14.0. The Balaban J connectivity index is 1.73. The molecule has 0 atom stereocenters. The minimum absolute atomic E-state index is 0.268. The van der Waals surface area contributed by atoms with Crippen molar-refractivity contribution in [3.05, 3.63) is 69.2 Å². The molecule has 4 nitrogen and oxygen atoms in total. The third-order valence-electron chi connectivity index (χ3n) is 5.06. The molecule has 2 amide bonds. The van der Waals surface area contributed by atoms with Crippen molar-refractivity contribution in [1.82, 2.24) is 4.90 Å². The summed E-state index contributed by atoms with van der Waals surface area (Å²) in [6.45, 7) is 1.57. The number of imide groups is 1. The fraction of sp³-hybridized carbons (Fsp3) is 0.273. The van der Waals surface area contributed by atoms with Gasteiger partial charge in [0.2, 0.25) is 0 Å². The van der Waals surface area contributed by atoms with Crippen LogP contribution in [-0.4, -0.2) is 29.8 Å². The van der Waals surface area contributed by atoms with Crippen LogP contribution >= 0.6 is 35.0 Å². The monoisotopic (exact) mass is 446 g/mol. The molecule has 2 aliphatic rings. The highest BCUT2D eigenvalue weighted by atomic mass is 35.5. The maximum absolute atomic E-state index is 13.4. The summed E-state index contributed by atoms with van der Waals surface area (Å²) in [5, 5.41) is 1.19. The molecule has 0 spiro atoms. The molecule has 2 aliphatic heterocycles. The van der Waals surface area contributed by atoms with Crippen molar-refractivity contribution in [2.24, 2.45) is 0 Å². The van der Waals surface area contributed by atoms with Crippen LogP contribution in [0.15, 0.2) is 64.0 Å². The van der Waals surface area contributed by atoms with E-state index in [1.54, 1.807) is 36.4 Å². The minimum Gasteiger partial charge on any atom is -0.366 e. The molecule has 7 heteroatoms. The highest BCUT2D eigenvalue weighted by Crippen LogP contribution is 2.39. The molecular formula is C22H20Cl2N2O2S. The van der Waals surface area contributed by atoms with Gasteiger partial charge in [-0.05, 0) is 61.4 Å². The van der Waals surface area contributed by atoms with E-state index in [0.29, 0.717) is 26.3 Å². The third-order valence-corrected chi connectivity index (χ3v) is 6.64. The van der Waals surface area contributed by atoms with Crippen molar-refractivity contribution in [1.29, 1.82) is 0 Å². The van der Waals surface area contributed by atoms with Gasteiger partial charge in [-0.2, -0.15) is 0 Å². The van der Waals surface area contributed by atoms with Gasteiger partial charge < -0.3 is 4.90 Å². The fourth-order valence-electron chi connectivity index (χ4n) is 3.61. The van der Waals surface area contributed by atoms with Crippen molar-refractivity contribution in [3.8, 4) is 0 Å². The standard InChI is InChI=1S/C22H20Cl2N2O2S/c23-15-5-9-17(10-6-15)26-21(27)19(25-13-3-1-2-4-14-25)20(22(26)28)29-18-11-7-16(24)8-12-18/h5-12H,1-4,13-14H2. The van der Waals surface area contributed by atoms with Gasteiger partial charge >= 0.3 is 0 Å². The van der Waals surface area contributed by atoms with E-state index in [2.05, 4.69) is 4.90 Å². The number of anilines is 1. The SMILES string of the molecule is O=C1C(Sc2ccc(Cl)cc2)=C(N2CCCCCC2)C(=O)N1c1ccc(Cl)cc1. The normalized spacial score (nSPS) is 17.9. The van der Waals surface area contributed by atoms with E-state index < -0.39 is 0 Å². The first-order valence-corrected chi connectivity index (χ1v) is 11.2. The van der Waals surface area contributed by atoms with E-state index >= 15 is 0 Å². The van der Waals surface area contributed by atoms with E-state index in [0.717, 1.165) is 43.7 Å². The Kier molecular flexibility index (Phi) is 6.18. The lowest BCUT2D eigenvalue weighted by molar-refractivity contribution is -0.121. The quantitative estimate of drug-likeness (QED) is 0.560. The minimum atomic E-state index is -0.295. The van der Waals surface area contributed by atoms with Crippen LogP contribution in [0.5, 0.6) is 0 Å². The lowest BCUT2D eigenvalue weighted by Crippen LogP contribution is -2.35. The van der Waals surface area contributed by atoms with Gasteiger partial charge in [0.25, 0.3) is 11.8 Å². The van der Waals surface area contributed by atoms with Gasteiger partial charge in [0, 0.05) is 28.0 Å².